The van der Waals surface area contributed by atoms with Crippen LogP contribution in [-0.4, -0.2) is 14.0 Å². The third-order valence-electron chi connectivity index (χ3n) is 4.28. The Labute approximate surface area is 204 Å². The largest absolute Gasteiger partial charge is 0.139 e. The molecule has 23 heavy (non-hydrogen) atoms. The van der Waals surface area contributed by atoms with Gasteiger partial charge in [0.1, 0.15) is 9.70 Å². The first-order valence-corrected chi connectivity index (χ1v) is 12.8. The molecule has 1 aromatic rings. The fourth-order valence-corrected chi connectivity index (χ4v) is 10.1. The lowest BCUT2D eigenvalue weighted by atomic mass is 9.69. The van der Waals surface area contributed by atoms with Crippen LogP contribution in [0.5, 0.6) is 0 Å². The van der Waals surface area contributed by atoms with Gasteiger partial charge in [0.2, 0.25) is 0 Å². The minimum atomic E-state index is -0.608. The van der Waals surface area contributed by atoms with E-state index in [4.69, 9.17) is 0 Å². The third-order valence-corrected chi connectivity index (χ3v) is 20.2. The van der Waals surface area contributed by atoms with Gasteiger partial charge in [0.15, 0.2) is 0 Å². The van der Waals surface area contributed by atoms with E-state index in [0.29, 0.717) is 0 Å². The predicted octanol–water partition coefficient (Wildman–Crippen LogP) is 8.85. The molecule has 1 aromatic carbocycles. The fraction of sp³-hybridized carbons (Fsp3) is 0.467. The maximum atomic E-state index is 4.04. The summed E-state index contributed by atoms with van der Waals surface area (Å²) in [5.41, 5.74) is 0.980. The molecule has 2 rings (SSSR count). The maximum Gasteiger partial charge on any atom is 0.139 e. The molecule has 1 atom stereocenters. The van der Waals surface area contributed by atoms with Crippen molar-refractivity contribution in [2.45, 2.75) is 33.3 Å². The lowest BCUT2D eigenvalue weighted by Gasteiger charge is -2.59. The molecule has 0 bridgehead atoms. The van der Waals surface area contributed by atoms with E-state index in [2.05, 4.69) is 172 Å². The Balaban J connectivity index is 2.76. The Morgan fingerprint density at radius 1 is 0.783 bits per heavy atom. The first-order chi connectivity index (χ1) is 10.2. The van der Waals surface area contributed by atoms with E-state index in [1.807, 2.05) is 6.07 Å². The van der Waals surface area contributed by atoms with Crippen LogP contribution >= 0.6 is 127 Å². The number of hydrogen-bond donors (Lipinski definition) is 0. The van der Waals surface area contributed by atoms with Crippen LogP contribution in [0.4, 0.5) is 0 Å². The van der Waals surface area contributed by atoms with E-state index < -0.39 is 14.0 Å². The molecular weight excluding hydrogens is 819 g/mol. The monoisotopic (exact) mass is 823 g/mol. The summed E-state index contributed by atoms with van der Waals surface area (Å²) in [6, 6.07) is 10.5. The molecule has 0 saturated carbocycles. The molecule has 0 saturated heterocycles. The van der Waals surface area contributed by atoms with Gasteiger partial charge >= 0.3 is 0 Å². The van der Waals surface area contributed by atoms with Gasteiger partial charge in [-0.05, 0) is 5.56 Å². The van der Waals surface area contributed by atoms with Crippen LogP contribution < -0.4 is 0 Å². The van der Waals surface area contributed by atoms with Gasteiger partial charge < -0.3 is 0 Å². The first kappa shape index (κ1) is 22.1. The van der Waals surface area contributed by atoms with Crippen LogP contribution in [0.1, 0.15) is 19.4 Å². The number of allylic oxidation sites excluding steroid dienone is 2. The molecule has 0 radical (unpaired) electrons. The van der Waals surface area contributed by atoms with Crippen LogP contribution in [-0.2, 0) is 5.41 Å². The molecule has 1 aliphatic rings. The second kappa shape index (κ2) is 7.00. The van der Waals surface area contributed by atoms with Gasteiger partial charge in [0.05, 0.1) is 4.32 Å². The van der Waals surface area contributed by atoms with Crippen molar-refractivity contribution in [1.29, 1.82) is 0 Å². The summed E-state index contributed by atoms with van der Waals surface area (Å²) in [5.74, 6) is 0. The molecule has 1 unspecified atom stereocenters. The SMILES string of the molecule is CC(C)(c1ccccc1)C1(Br)C=C(Br)C(Br)(Br)C(Br)(Br)C1(Br)Br. The Bertz CT molecular complexity index is 632. The van der Waals surface area contributed by atoms with E-state index >= 15 is 0 Å². The topological polar surface area (TPSA) is 0 Å². The number of benzene rings is 1. The third kappa shape index (κ3) is 3.17. The second-order valence-electron chi connectivity index (χ2n) is 5.92. The van der Waals surface area contributed by atoms with Crippen LogP contribution in [0.3, 0.4) is 0 Å². The highest BCUT2D eigenvalue weighted by Crippen LogP contribution is 2.73. The minimum absolute atomic E-state index is 0.246. The van der Waals surface area contributed by atoms with Crippen molar-refractivity contribution >= 4 is 127 Å². The maximum absolute atomic E-state index is 4.04. The van der Waals surface area contributed by atoms with Crippen molar-refractivity contribution in [2.24, 2.45) is 0 Å². The van der Waals surface area contributed by atoms with Gasteiger partial charge in [-0.1, -0.05) is 178 Å². The highest BCUT2D eigenvalue weighted by atomic mass is 79.9. The first-order valence-electron chi connectivity index (χ1n) is 6.50. The number of alkyl halides is 7. The summed E-state index contributed by atoms with van der Waals surface area (Å²) >= 11 is 30.8. The van der Waals surface area contributed by atoms with Gasteiger partial charge in [-0.15, -0.1) is 0 Å². The smallest absolute Gasteiger partial charge is 0.0772 e. The fourth-order valence-electron chi connectivity index (χ4n) is 2.57. The Kier molecular flexibility index (Phi) is 6.72. The predicted molar refractivity (Wildman–Crippen MR) is 130 cm³/mol. The molecule has 8 heteroatoms. The van der Waals surface area contributed by atoms with Crippen molar-refractivity contribution < 1.29 is 0 Å². The molecule has 0 heterocycles. The second-order valence-corrected chi connectivity index (χ2v) is 18.4. The van der Waals surface area contributed by atoms with E-state index in [1.165, 1.54) is 5.56 Å². The van der Waals surface area contributed by atoms with Gasteiger partial charge in [-0.3, -0.25) is 0 Å². The van der Waals surface area contributed by atoms with Gasteiger partial charge in [0, 0.05) is 9.90 Å². The van der Waals surface area contributed by atoms with Crippen molar-refractivity contribution in [1.82, 2.24) is 0 Å². The van der Waals surface area contributed by atoms with Crippen LogP contribution in [0.25, 0.3) is 0 Å². The molecule has 128 valence electrons. The van der Waals surface area contributed by atoms with Crippen LogP contribution in [0, 0.1) is 0 Å². The molecule has 0 fully saturated rings. The van der Waals surface area contributed by atoms with Crippen molar-refractivity contribution in [3.8, 4) is 0 Å². The molecule has 0 aliphatic heterocycles. The van der Waals surface area contributed by atoms with Crippen molar-refractivity contribution in [3.63, 3.8) is 0 Å². The molecule has 1 aliphatic carbocycles. The highest BCUT2D eigenvalue weighted by Gasteiger charge is 2.72. The highest BCUT2D eigenvalue weighted by molar-refractivity contribution is 9.33. The summed E-state index contributed by atoms with van der Waals surface area (Å²) in [4.78, 5) is 0. The summed E-state index contributed by atoms with van der Waals surface area (Å²) in [6.07, 6.45) is 2.17. The zero-order chi connectivity index (χ0) is 17.9. The van der Waals surface area contributed by atoms with E-state index in [1.54, 1.807) is 0 Å². The lowest BCUT2D eigenvalue weighted by Crippen LogP contribution is -2.66. The molecule has 0 nitrogen and oxygen atoms in total. The van der Waals surface area contributed by atoms with E-state index in [0.717, 1.165) is 4.48 Å². The Morgan fingerprint density at radius 2 is 1.26 bits per heavy atom. The van der Waals surface area contributed by atoms with Crippen LogP contribution in [0.15, 0.2) is 40.9 Å². The number of rotatable bonds is 2. The number of hydrogen-bond acceptors (Lipinski definition) is 0. The molecular formula is C15H12Br8. The van der Waals surface area contributed by atoms with Crippen molar-refractivity contribution in [3.05, 3.63) is 46.5 Å². The normalized spacial score (nSPS) is 29.0. The molecule has 0 aromatic heterocycles. The van der Waals surface area contributed by atoms with Gasteiger partial charge in [-0.25, -0.2) is 0 Å². The van der Waals surface area contributed by atoms with E-state index in [9.17, 15) is 0 Å². The zero-order valence-electron chi connectivity index (χ0n) is 12.0. The summed E-state index contributed by atoms with van der Waals surface area (Å²) in [5, 5.41) is 0. The number of halogens is 8. The molecule has 0 amide bonds. The Hall–Kier alpha value is 2.80. The summed E-state index contributed by atoms with van der Waals surface area (Å²) < 4.78 is -1.27. The van der Waals surface area contributed by atoms with E-state index in [-0.39, 0.29) is 5.41 Å². The summed E-state index contributed by atoms with van der Waals surface area (Å²) in [6.45, 7) is 4.44. The van der Waals surface area contributed by atoms with Gasteiger partial charge in [-0.2, -0.15) is 0 Å². The Morgan fingerprint density at radius 3 is 1.74 bits per heavy atom. The van der Waals surface area contributed by atoms with Crippen molar-refractivity contribution in [2.75, 3.05) is 0 Å². The molecule has 0 N–H and O–H groups in total. The zero-order valence-corrected chi connectivity index (χ0v) is 24.7. The van der Waals surface area contributed by atoms with Crippen LogP contribution in [0.2, 0.25) is 0 Å². The summed E-state index contributed by atoms with van der Waals surface area (Å²) in [7, 11) is 0. The minimum Gasteiger partial charge on any atom is -0.0772 e. The lowest BCUT2D eigenvalue weighted by molar-refractivity contribution is 0.389. The average molecular weight is 831 g/mol. The standard InChI is InChI=1S/C15H12Br8/c1-11(2,9-6-4-3-5-7-9)12(17)8-10(16)13(18,19)15(22,23)14(12,20)21/h3-8H,1-2H3. The van der Waals surface area contributed by atoms with Gasteiger partial charge in [0.25, 0.3) is 0 Å². The average Bonchev–Trinajstić information content (AvgIpc) is 2.46. The molecule has 0 spiro atoms. The quantitative estimate of drug-likeness (QED) is 0.262.